The number of hydrazone groups is 1. The molecule has 2 aromatic carbocycles. The number of carboxylic acid groups (broad SMARTS) is 1. The first kappa shape index (κ1) is 19.4. The van der Waals surface area contributed by atoms with E-state index >= 15 is 0 Å². The van der Waals surface area contributed by atoms with Crippen molar-refractivity contribution in [3.8, 4) is 5.75 Å². The number of benzene rings is 2. The zero-order valence-corrected chi connectivity index (χ0v) is 17.0. The highest BCUT2D eigenvalue weighted by molar-refractivity contribution is 14.1. The smallest absolute Gasteiger partial charge is 0.335 e. The topological polar surface area (TPSA) is 114 Å². The fourth-order valence-electron chi connectivity index (χ4n) is 1.86. The third kappa shape index (κ3) is 5.85. The quantitative estimate of drug-likeness (QED) is 0.284. The summed E-state index contributed by atoms with van der Waals surface area (Å²) >= 11 is 4.30. The highest BCUT2D eigenvalue weighted by Crippen LogP contribution is 2.29. The molecule has 25 heavy (non-hydrogen) atoms. The number of nitrogens with zero attached hydrogens (tertiary/aromatic N) is 1. The standard InChI is InChI=1S/C16H13I2N3O4/c17-12-5-10(7-20-21-16(19)24)6-13(18)14(12)25-8-9-1-3-11(4-2-9)15(22)23/h1-7H,8H2,(H,22,23)(H3,19,21,24)/b20-7-. The molecule has 0 saturated heterocycles. The molecule has 0 aliphatic carbocycles. The van der Waals surface area contributed by atoms with Gasteiger partial charge in [0.25, 0.3) is 0 Å². The first-order valence-electron chi connectivity index (χ1n) is 6.89. The van der Waals surface area contributed by atoms with Crippen molar-refractivity contribution in [3.63, 3.8) is 0 Å². The van der Waals surface area contributed by atoms with Crippen LogP contribution in [0.4, 0.5) is 4.79 Å². The molecule has 7 nitrogen and oxygen atoms in total. The van der Waals surface area contributed by atoms with E-state index in [0.29, 0.717) is 6.61 Å². The van der Waals surface area contributed by atoms with Gasteiger partial charge in [-0.15, -0.1) is 0 Å². The van der Waals surface area contributed by atoms with E-state index in [9.17, 15) is 9.59 Å². The Labute approximate surface area is 170 Å². The molecule has 0 aromatic heterocycles. The summed E-state index contributed by atoms with van der Waals surface area (Å²) in [5, 5.41) is 12.6. The molecule has 2 rings (SSSR count). The molecule has 0 atom stereocenters. The van der Waals surface area contributed by atoms with Crippen molar-refractivity contribution < 1.29 is 19.4 Å². The van der Waals surface area contributed by atoms with E-state index in [1.54, 1.807) is 24.3 Å². The Morgan fingerprint density at radius 2 is 1.80 bits per heavy atom. The van der Waals surface area contributed by atoms with Crippen LogP contribution in [0.5, 0.6) is 5.75 Å². The maximum absolute atomic E-state index is 10.9. The Morgan fingerprint density at radius 1 is 1.20 bits per heavy atom. The largest absolute Gasteiger partial charge is 0.487 e. The lowest BCUT2D eigenvalue weighted by Gasteiger charge is -2.11. The van der Waals surface area contributed by atoms with Gasteiger partial charge in [-0.25, -0.2) is 15.0 Å². The molecule has 4 N–H and O–H groups in total. The maximum Gasteiger partial charge on any atom is 0.335 e. The number of halogens is 2. The van der Waals surface area contributed by atoms with E-state index in [1.165, 1.54) is 6.21 Å². The minimum atomic E-state index is -0.959. The first-order chi connectivity index (χ1) is 11.9. The molecule has 0 aliphatic heterocycles. The summed E-state index contributed by atoms with van der Waals surface area (Å²) in [6, 6.07) is 9.52. The van der Waals surface area contributed by atoms with Gasteiger partial charge in [0.1, 0.15) is 12.4 Å². The molecule has 2 aromatic rings. The minimum absolute atomic E-state index is 0.237. The molecule has 0 unspecified atom stereocenters. The predicted molar refractivity (Wildman–Crippen MR) is 110 cm³/mol. The van der Waals surface area contributed by atoms with Crippen LogP contribution < -0.4 is 15.9 Å². The number of carboxylic acids is 1. The summed E-state index contributed by atoms with van der Waals surface area (Å²) in [4.78, 5) is 21.4. The Balaban J connectivity index is 2.08. The molecule has 0 spiro atoms. The third-order valence-electron chi connectivity index (χ3n) is 2.99. The van der Waals surface area contributed by atoms with Gasteiger partial charge >= 0.3 is 12.0 Å². The number of nitrogens with one attached hydrogen (secondary N) is 1. The molecule has 0 fully saturated rings. The average Bonchev–Trinajstić information content (AvgIpc) is 2.54. The van der Waals surface area contributed by atoms with Crippen molar-refractivity contribution in [1.82, 2.24) is 5.43 Å². The van der Waals surface area contributed by atoms with Crippen LogP contribution in [-0.2, 0) is 6.61 Å². The fraction of sp³-hybridized carbons (Fsp3) is 0.0625. The summed E-state index contributed by atoms with van der Waals surface area (Å²) < 4.78 is 7.62. The van der Waals surface area contributed by atoms with E-state index in [2.05, 4.69) is 55.7 Å². The zero-order valence-electron chi connectivity index (χ0n) is 12.7. The number of carbonyl (C=O) groups excluding carboxylic acids is 1. The van der Waals surface area contributed by atoms with Gasteiger partial charge in [0, 0.05) is 0 Å². The van der Waals surface area contributed by atoms with Crippen LogP contribution in [0.25, 0.3) is 0 Å². The summed E-state index contributed by atoms with van der Waals surface area (Å²) in [5.41, 5.74) is 8.98. The number of primary amides is 1. The van der Waals surface area contributed by atoms with E-state index in [4.69, 9.17) is 15.6 Å². The predicted octanol–water partition coefficient (Wildman–Crippen LogP) is 3.18. The van der Waals surface area contributed by atoms with Gasteiger partial charge in [-0.2, -0.15) is 5.10 Å². The highest BCUT2D eigenvalue weighted by Gasteiger charge is 2.09. The summed E-state index contributed by atoms with van der Waals surface area (Å²) in [5.74, 6) is -0.233. The highest BCUT2D eigenvalue weighted by atomic mass is 127. The van der Waals surface area contributed by atoms with Gasteiger partial charge in [-0.3, -0.25) is 0 Å². The Morgan fingerprint density at radius 3 is 2.32 bits per heavy atom. The molecule has 9 heteroatoms. The molecule has 2 amide bonds. The number of nitrogens with two attached hydrogens (primary N) is 1. The molecular weight excluding hydrogens is 552 g/mol. The van der Waals surface area contributed by atoms with Crippen LogP contribution in [0.15, 0.2) is 41.5 Å². The van der Waals surface area contributed by atoms with Crippen LogP contribution in [-0.4, -0.2) is 23.3 Å². The van der Waals surface area contributed by atoms with Gasteiger partial charge in [0.2, 0.25) is 0 Å². The van der Waals surface area contributed by atoms with Crippen LogP contribution in [0.1, 0.15) is 21.5 Å². The number of hydrogen-bond acceptors (Lipinski definition) is 4. The molecule has 0 saturated carbocycles. The van der Waals surface area contributed by atoms with Crippen LogP contribution in [0, 0.1) is 7.14 Å². The van der Waals surface area contributed by atoms with Gasteiger partial charge < -0.3 is 15.6 Å². The van der Waals surface area contributed by atoms with Crippen molar-refractivity contribution in [1.29, 1.82) is 0 Å². The molecular formula is C16H13I2N3O4. The second kappa shape index (κ2) is 8.99. The molecule has 0 radical (unpaired) electrons. The van der Waals surface area contributed by atoms with Gasteiger partial charge in [-0.1, -0.05) is 12.1 Å². The number of ether oxygens (including phenoxy) is 1. The SMILES string of the molecule is NC(=O)N/N=C\c1cc(I)c(OCc2ccc(C(=O)O)cc2)c(I)c1. The average molecular weight is 565 g/mol. The van der Waals surface area contributed by atoms with Gasteiger partial charge in [0.05, 0.1) is 18.9 Å². The molecule has 0 bridgehead atoms. The zero-order chi connectivity index (χ0) is 18.4. The lowest BCUT2D eigenvalue weighted by atomic mass is 10.1. The van der Waals surface area contributed by atoms with Crippen molar-refractivity contribution in [3.05, 3.63) is 60.2 Å². The monoisotopic (exact) mass is 565 g/mol. The number of urea groups is 1. The maximum atomic E-state index is 10.9. The normalized spacial score (nSPS) is 10.6. The summed E-state index contributed by atoms with van der Waals surface area (Å²) in [7, 11) is 0. The summed E-state index contributed by atoms with van der Waals surface area (Å²) in [6.07, 6.45) is 1.49. The van der Waals surface area contributed by atoms with Crippen molar-refractivity contribution in [2.75, 3.05) is 0 Å². The second-order valence-corrected chi connectivity index (χ2v) is 7.16. The first-order valence-corrected chi connectivity index (χ1v) is 9.05. The van der Waals surface area contributed by atoms with Crippen LogP contribution in [0.2, 0.25) is 0 Å². The Bertz CT molecular complexity index is 800. The van der Waals surface area contributed by atoms with E-state index in [0.717, 1.165) is 24.0 Å². The lowest BCUT2D eigenvalue weighted by Crippen LogP contribution is -2.24. The lowest BCUT2D eigenvalue weighted by molar-refractivity contribution is 0.0697. The van der Waals surface area contributed by atoms with Crippen molar-refractivity contribution >= 4 is 63.4 Å². The minimum Gasteiger partial charge on any atom is -0.487 e. The number of hydrogen-bond donors (Lipinski definition) is 3. The third-order valence-corrected chi connectivity index (χ3v) is 4.60. The number of aromatic carboxylic acids is 1. The second-order valence-electron chi connectivity index (χ2n) is 4.84. The van der Waals surface area contributed by atoms with E-state index < -0.39 is 12.0 Å². The van der Waals surface area contributed by atoms with Gasteiger partial charge in [0.15, 0.2) is 0 Å². The van der Waals surface area contributed by atoms with Crippen LogP contribution >= 0.6 is 45.2 Å². The van der Waals surface area contributed by atoms with Crippen LogP contribution in [0.3, 0.4) is 0 Å². The molecule has 130 valence electrons. The van der Waals surface area contributed by atoms with E-state index in [-0.39, 0.29) is 5.56 Å². The Hall–Kier alpha value is -1.89. The summed E-state index contributed by atoms with van der Waals surface area (Å²) in [6.45, 7) is 0.322. The van der Waals surface area contributed by atoms with E-state index in [1.807, 2.05) is 12.1 Å². The fourth-order valence-corrected chi connectivity index (χ4v) is 3.99. The number of carbonyl (C=O) groups is 2. The molecule has 0 heterocycles. The van der Waals surface area contributed by atoms with Gasteiger partial charge in [-0.05, 0) is 80.6 Å². The Kier molecular flexibility index (Phi) is 6.99. The van der Waals surface area contributed by atoms with Crippen molar-refractivity contribution in [2.24, 2.45) is 10.8 Å². The van der Waals surface area contributed by atoms with Crippen molar-refractivity contribution in [2.45, 2.75) is 6.61 Å². The number of rotatable bonds is 6. The number of amides is 2. The molecule has 0 aliphatic rings.